The Labute approximate surface area is 167 Å². The van der Waals surface area contributed by atoms with E-state index in [1.54, 1.807) is 6.92 Å². The van der Waals surface area contributed by atoms with Gasteiger partial charge in [0.25, 0.3) is 0 Å². The van der Waals surface area contributed by atoms with Crippen LogP contribution in [0.2, 0.25) is 0 Å². The van der Waals surface area contributed by atoms with Gasteiger partial charge >= 0.3 is 0 Å². The van der Waals surface area contributed by atoms with Crippen LogP contribution in [0.3, 0.4) is 0 Å². The lowest BCUT2D eigenvalue weighted by molar-refractivity contribution is -0.131. The highest BCUT2D eigenvalue weighted by molar-refractivity contribution is 5.74. The van der Waals surface area contributed by atoms with Crippen LogP contribution in [-0.2, 0) is 22.0 Å². The van der Waals surface area contributed by atoms with Gasteiger partial charge in [-0.15, -0.1) is 0 Å². The van der Waals surface area contributed by atoms with E-state index in [2.05, 4.69) is 77.6 Å². The third-order valence-corrected chi connectivity index (χ3v) is 6.21. The first kappa shape index (κ1) is 21.9. The quantitative estimate of drug-likeness (QED) is 0.696. The molecule has 0 bridgehead atoms. The molecule has 152 valence electrons. The summed E-state index contributed by atoms with van der Waals surface area (Å²) < 4.78 is 0. The molecule has 0 saturated carbocycles. The van der Waals surface area contributed by atoms with Crippen molar-refractivity contribution in [2.45, 2.75) is 84.6 Å². The van der Waals surface area contributed by atoms with Gasteiger partial charge in [-0.1, -0.05) is 46.8 Å². The van der Waals surface area contributed by atoms with Gasteiger partial charge < -0.3 is 9.80 Å². The fourth-order valence-electron chi connectivity index (χ4n) is 4.30. The topological polar surface area (TPSA) is 23.6 Å². The van der Waals surface area contributed by atoms with Crippen LogP contribution < -0.4 is 0 Å². The molecule has 1 aliphatic rings. The van der Waals surface area contributed by atoms with Crippen LogP contribution in [-0.4, -0.2) is 42.9 Å². The molecule has 0 heterocycles. The molecule has 1 atom stereocenters. The van der Waals surface area contributed by atoms with E-state index in [1.165, 1.54) is 28.7 Å². The molecule has 2 rings (SSSR count). The number of hydrogen-bond acceptors (Lipinski definition) is 2. The molecule has 1 aromatic rings. The van der Waals surface area contributed by atoms with E-state index >= 15 is 0 Å². The van der Waals surface area contributed by atoms with Gasteiger partial charge in [-0.25, -0.2) is 0 Å². The minimum Gasteiger partial charge on any atom is -0.336 e. The van der Waals surface area contributed by atoms with Crippen LogP contribution in [0.15, 0.2) is 12.1 Å². The summed E-state index contributed by atoms with van der Waals surface area (Å²) in [5.41, 5.74) is 6.05. The van der Waals surface area contributed by atoms with Crippen LogP contribution in [0, 0.1) is 0 Å². The smallest absolute Gasteiger partial charge is 0.219 e. The molecule has 0 aliphatic heterocycles. The van der Waals surface area contributed by atoms with E-state index in [-0.39, 0.29) is 22.8 Å². The molecule has 1 aliphatic carbocycles. The SMILES string of the molecule is CC(=O)N(CCCN(C)C)C(C)c1cc(C(C)(C)C)cc2c1CCC2(C)C. The average molecular weight is 373 g/mol. The van der Waals surface area contributed by atoms with Gasteiger partial charge in [-0.05, 0) is 79.9 Å². The molecule has 0 spiro atoms. The Morgan fingerprint density at radius 3 is 2.33 bits per heavy atom. The van der Waals surface area contributed by atoms with Crippen molar-refractivity contribution in [3.05, 3.63) is 34.4 Å². The van der Waals surface area contributed by atoms with Crippen molar-refractivity contribution < 1.29 is 4.79 Å². The minimum atomic E-state index is 0.105. The van der Waals surface area contributed by atoms with Crippen molar-refractivity contribution in [3.63, 3.8) is 0 Å². The van der Waals surface area contributed by atoms with Gasteiger partial charge in [0.05, 0.1) is 6.04 Å². The molecule has 1 aromatic carbocycles. The van der Waals surface area contributed by atoms with Gasteiger partial charge in [-0.2, -0.15) is 0 Å². The molecule has 0 radical (unpaired) electrons. The van der Waals surface area contributed by atoms with Crippen LogP contribution in [0.25, 0.3) is 0 Å². The summed E-state index contributed by atoms with van der Waals surface area (Å²) in [6.45, 7) is 17.3. The summed E-state index contributed by atoms with van der Waals surface area (Å²) in [5, 5.41) is 0. The highest BCUT2D eigenvalue weighted by Gasteiger charge is 2.35. The summed E-state index contributed by atoms with van der Waals surface area (Å²) >= 11 is 0. The van der Waals surface area contributed by atoms with E-state index in [1.807, 2.05) is 0 Å². The van der Waals surface area contributed by atoms with E-state index in [0.29, 0.717) is 0 Å². The number of nitrogens with zero attached hydrogens (tertiary/aromatic N) is 2. The van der Waals surface area contributed by atoms with E-state index < -0.39 is 0 Å². The zero-order valence-corrected chi connectivity index (χ0v) is 19.1. The van der Waals surface area contributed by atoms with Crippen molar-refractivity contribution in [1.82, 2.24) is 9.80 Å². The Morgan fingerprint density at radius 1 is 1.19 bits per heavy atom. The Kier molecular flexibility index (Phi) is 6.46. The summed E-state index contributed by atoms with van der Waals surface area (Å²) in [5.74, 6) is 0.174. The van der Waals surface area contributed by atoms with Crippen molar-refractivity contribution >= 4 is 5.91 Å². The zero-order chi connectivity index (χ0) is 20.6. The van der Waals surface area contributed by atoms with Crippen LogP contribution in [0.5, 0.6) is 0 Å². The summed E-state index contributed by atoms with van der Waals surface area (Å²) in [6.07, 6.45) is 3.32. The monoisotopic (exact) mass is 372 g/mol. The fraction of sp³-hybridized carbons (Fsp3) is 0.708. The van der Waals surface area contributed by atoms with Gasteiger partial charge in [0.1, 0.15) is 0 Å². The van der Waals surface area contributed by atoms with Gasteiger partial charge in [0.15, 0.2) is 0 Å². The van der Waals surface area contributed by atoms with Crippen LogP contribution in [0.4, 0.5) is 0 Å². The van der Waals surface area contributed by atoms with Gasteiger partial charge in [0, 0.05) is 13.5 Å². The Hall–Kier alpha value is -1.35. The van der Waals surface area contributed by atoms with Crippen LogP contribution >= 0.6 is 0 Å². The van der Waals surface area contributed by atoms with Crippen LogP contribution in [0.1, 0.15) is 89.6 Å². The second-order valence-electron chi connectivity index (χ2n) is 10.3. The molecule has 0 aromatic heterocycles. The van der Waals surface area contributed by atoms with Crippen molar-refractivity contribution in [3.8, 4) is 0 Å². The first-order chi connectivity index (χ1) is 12.3. The van der Waals surface area contributed by atoms with E-state index in [4.69, 9.17) is 0 Å². The van der Waals surface area contributed by atoms with Gasteiger partial charge in [0.2, 0.25) is 5.91 Å². The lowest BCUT2D eigenvalue weighted by Gasteiger charge is -2.33. The number of carbonyl (C=O) groups is 1. The number of rotatable bonds is 6. The third kappa shape index (κ3) is 4.93. The predicted octanol–water partition coefficient (Wildman–Crippen LogP) is 5.07. The molecule has 0 saturated heterocycles. The Bertz CT molecular complexity index is 682. The number of fused-ring (bicyclic) bond motifs is 1. The van der Waals surface area contributed by atoms with Crippen molar-refractivity contribution in [2.24, 2.45) is 0 Å². The molecule has 0 fully saturated rings. The third-order valence-electron chi connectivity index (χ3n) is 6.21. The molecule has 1 amide bonds. The maximum absolute atomic E-state index is 12.5. The van der Waals surface area contributed by atoms with E-state index in [0.717, 1.165) is 25.9 Å². The Morgan fingerprint density at radius 2 is 1.81 bits per heavy atom. The lowest BCUT2D eigenvalue weighted by atomic mass is 9.78. The second-order valence-corrected chi connectivity index (χ2v) is 10.3. The maximum atomic E-state index is 12.5. The highest BCUT2D eigenvalue weighted by Crippen LogP contribution is 2.44. The molecule has 3 heteroatoms. The number of hydrogen-bond donors (Lipinski definition) is 0. The standard InChI is InChI=1S/C24H40N2O/c1-17(26(18(2)27)14-10-13-25(8)9)21-15-19(23(3,4)5)16-22-20(21)11-12-24(22,6)7/h15-17H,10-14H2,1-9H3. The normalized spacial score (nSPS) is 17.1. The summed E-state index contributed by atoms with van der Waals surface area (Å²) in [6, 6.07) is 4.93. The predicted molar refractivity (Wildman–Crippen MR) is 115 cm³/mol. The van der Waals surface area contributed by atoms with Gasteiger partial charge in [-0.3, -0.25) is 4.79 Å². The maximum Gasteiger partial charge on any atom is 0.219 e. The molecule has 27 heavy (non-hydrogen) atoms. The second kappa shape index (κ2) is 7.95. The average Bonchev–Trinajstić information content (AvgIpc) is 2.84. The largest absolute Gasteiger partial charge is 0.336 e. The Balaban J connectivity index is 2.46. The first-order valence-corrected chi connectivity index (χ1v) is 10.4. The van der Waals surface area contributed by atoms with E-state index in [9.17, 15) is 4.79 Å². The van der Waals surface area contributed by atoms with Crippen molar-refractivity contribution in [1.29, 1.82) is 0 Å². The zero-order valence-electron chi connectivity index (χ0n) is 19.1. The molecule has 3 nitrogen and oxygen atoms in total. The number of carbonyl (C=O) groups excluding carboxylic acids is 1. The minimum absolute atomic E-state index is 0.105. The fourth-order valence-corrected chi connectivity index (χ4v) is 4.30. The van der Waals surface area contributed by atoms with Crippen molar-refractivity contribution in [2.75, 3.05) is 27.2 Å². The number of benzene rings is 1. The molecule has 0 N–H and O–H groups in total. The molecule has 1 unspecified atom stereocenters. The highest BCUT2D eigenvalue weighted by atomic mass is 16.2. The molecular formula is C24H40N2O. The summed E-state index contributed by atoms with van der Waals surface area (Å²) in [4.78, 5) is 16.7. The first-order valence-electron chi connectivity index (χ1n) is 10.4. The summed E-state index contributed by atoms with van der Waals surface area (Å²) in [7, 11) is 4.17. The number of amides is 1. The lowest BCUT2D eigenvalue weighted by Crippen LogP contribution is -2.34. The molecular weight excluding hydrogens is 332 g/mol.